The topological polar surface area (TPSA) is 222 Å². The monoisotopic (exact) mass is 656 g/mol. The summed E-state index contributed by atoms with van der Waals surface area (Å²) in [7, 11) is 0. The lowest BCUT2D eigenvalue weighted by molar-refractivity contribution is 0.0650. The number of esters is 2. The second-order valence-electron chi connectivity index (χ2n) is 10.9. The minimum atomic E-state index is -1.55. The van der Waals surface area contributed by atoms with Gasteiger partial charge in [-0.25, -0.2) is 28.8 Å². The Balaban J connectivity index is 1.68. The van der Waals surface area contributed by atoms with Gasteiger partial charge in [-0.05, 0) is 117 Å². The van der Waals surface area contributed by atoms with Crippen LogP contribution in [0.2, 0.25) is 0 Å². The predicted octanol–water partition coefficient (Wildman–Crippen LogP) is 5.83. The summed E-state index contributed by atoms with van der Waals surface area (Å²) in [5.74, 6) is -8.32. The number of hydrogen-bond acceptors (Lipinski definition) is 9. The van der Waals surface area contributed by atoms with Crippen molar-refractivity contribution in [1.29, 1.82) is 0 Å². The predicted molar refractivity (Wildman–Crippen MR) is 168 cm³/mol. The Labute approximate surface area is 272 Å². The number of benzene rings is 4. The Bertz CT molecular complexity index is 1940. The van der Waals surface area contributed by atoms with Crippen LogP contribution < -0.4 is 9.47 Å². The zero-order valence-electron chi connectivity index (χ0n) is 26.1. The van der Waals surface area contributed by atoms with E-state index in [0.717, 1.165) is 36.4 Å². The number of ether oxygens (including phenoxy) is 2. The minimum absolute atomic E-state index is 0.170. The van der Waals surface area contributed by atoms with E-state index < -0.39 is 58.1 Å². The van der Waals surface area contributed by atoms with Crippen molar-refractivity contribution < 1.29 is 63.8 Å². The van der Waals surface area contributed by atoms with Crippen LogP contribution in [0.3, 0.4) is 0 Å². The fourth-order valence-corrected chi connectivity index (χ4v) is 5.15. The molecule has 0 spiro atoms. The number of aromatic carboxylic acids is 4. The van der Waals surface area contributed by atoms with Gasteiger partial charge < -0.3 is 35.0 Å². The molecule has 0 unspecified atom stereocenters. The van der Waals surface area contributed by atoms with Crippen LogP contribution in [-0.2, 0) is 0 Å². The van der Waals surface area contributed by atoms with E-state index in [1.54, 1.807) is 46.8 Å². The van der Waals surface area contributed by atoms with Crippen LogP contribution in [-0.4, -0.2) is 61.3 Å². The maximum Gasteiger partial charge on any atom is 0.343 e. The molecule has 246 valence electrons. The van der Waals surface area contributed by atoms with Crippen molar-refractivity contribution in [3.05, 3.63) is 110 Å². The Morgan fingerprint density at radius 3 is 1.27 bits per heavy atom. The molecule has 0 aromatic heterocycles. The van der Waals surface area contributed by atoms with Crippen molar-refractivity contribution in [2.75, 3.05) is 0 Å². The van der Waals surface area contributed by atoms with Gasteiger partial charge in [0.2, 0.25) is 0 Å². The van der Waals surface area contributed by atoms with Crippen LogP contribution >= 0.6 is 0 Å². The van der Waals surface area contributed by atoms with E-state index in [4.69, 9.17) is 9.47 Å². The van der Waals surface area contributed by atoms with Gasteiger partial charge in [0.25, 0.3) is 0 Å². The van der Waals surface area contributed by atoms with E-state index in [0.29, 0.717) is 38.9 Å². The molecule has 48 heavy (non-hydrogen) atoms. The molecule has 0 heterocycles. The van der Waals surface area contributed by atoms with Crippen LogP contribution in [0.4, 0.5) is 0 Å². The van der Waals surface area contributed by atoms with Gasteiger partial charge in [0, 0.05) is 5.56 Å². The van der Waals surface area contributed by atoms with Crippen LogP contribution in [0.15, 0.2) is 48.5 Å². The van der Waals surface area contributed by atoms with E-state index >= 15 is 0 Å². The zero-order valence-corrected chi connectivity index (χ0v) is 26.1. The highest BCUT2D eigenvalue weighted by molar-refractivity contribution is 6.05. The van der Waals surface area contributed by atoms with E-state index in [9.17, 15) is 54.3 Å². The first kappa shape index (κ1) is 34.4. The lowest BCUT2D eigenvalue weighted by atomic mass is 9.90. The molecule has 13 heteroatoms. The van der Waals surface area contributed by atoms with Crippen molar-refractivity contribution >= 4 is 35.8 Å². The largest absolute Gasteiger partial charge is 0.504 e. The molecule has 0 aliphatic heterocycles. The number of hydrogen-bond donors (Lipinski definition) is 5. The molecule has 0 aliphatic rings. The van der Waals surface area contributed by atoms with Gasteiger partial charge in [0.15, 0.2) is 11.5 Å². The molecule has 4 rings (SSSR count). The molecule has 5 N–H and O–H groups in total. The standard InChI is InChI=1S/C35H28O13/c1-14-10-23(16(3)17(4)28(14)47-34(45)19-6-8-21(30(37)38)25(12-19)32(41)42)24-11-15(2)29(27(36)18(24)5)48-35(46)20-7-9-22(31(39)40)26(13-20)33(43)44/h6-13,36H,1-5H3,(H,37,38)(H,39,40)(H,41,42)(H,43,44). The maximum absolute atomic E-state index is 13.0. The second kappa shape index (κ2) is 13.1. The first-order valence-electron chi connectivity index (χ1n) is 14.0. The third-order valence-electron chi connectivity index (χ3n) is 7.83. The number of carbonyl (C=O) groups is 6. The average Bonchev–Trinajstić information content (AvgIpc) is 3.03. The molecule has 0 saturated heterocycles. The summed E-state index contributed by atoms with van der Waals surface area (Å²) in [4.78, 5) is 71.8. The van der Waals surface area contributed by atoms with Crippen molar-refractivity contribution in [3.63, 3.8) is 0 Å². The molecule has 13 nitrogen and oxygen atoms in total. The molecule has 0 fully saturated rings. The number of phenols is 1. The van der Waals surface area contributed by atoms with Gasteiger partial charge in [-0.3, -0.25) is 0 Å². The quantitative estimate of drug-likeness (QED) is 0.106. The lowest BCUT2D eigenvalue weighted by Gasteiger charge is -2.20. The Kier molecular flexibility index (Phi) is 9.37. The Hall–Kier alpha value is -6.50. The van der Waals surface area contributed by atoms with E-state index in [1.165, 1.54) is 0 Å². The molecular formula is C35H28O13. The zero-order chi connectivity index (χ0) is 35.8. The molecule has 0 radical (unpaired) electrons. The summed E-state index contributed by atoms with van der Waals surface area (Å²) >= 11 is 0. The highest BCUT2D eigenvalue weighted by atomic mass is 16.5. The molecule has 0 bridgehead atoms. The summed E-state index contributed by atoms with van der Waals surface area (Å²) in [6, 6.07) is 9.43. The summed E-state index contributed by atoms with van der Waals surface area (Å²) in [6.45, 7) is 8.29. The summed E-state index contributed by atoms with van der Waals surface area (Å²) in [5.41, 5.74) is 0.977. The number of phenolic OH excluding ortho intramolecular Hbond substituents is 1. The van der Waals surface area contributed by atoms with Crippen LogP contribution in [0.5, 0.6) is 17.2 Å². The number of aryl methyl sites for hydroxylation is 2. The summed E-state index contributed by atoms with van der Waals surface area (Å²) < 4.78 is 11.1. The van der Waals surface area contributed by atoms with Crippen molar-refractivity contribution in [2.45, 2.75) is 34.6 Å². The van der Waals surface area contributed by atoms with Crippen LogP contribution in [0.25, 0.3) is 11.1 Å². The van der Waals surface area contributed by atoms with Crippen molar-refractivity contribution in [2.24, 2.45) is 0 Å². The highest BCUT2D eigenvalue weighted by Gasteiger charge is 2.25. The third kappa shape index (κ3) is 6.42. The fourth-order valence-electron chi connectivity index (χ4n) is 5.15. The number of carbonyl (C=O) groups excluding carboxylic acids is 2. The molecule has 0 aliphatic carbocycles. The van der Waals surface area contributed by atoms with E-state index in [2.05, 4.69) is 0 Å². The number of carboxylic acids is 4. The van der Waals surface area contributed by atoms with Gasteiger partial charge >= 0.3 is 35.8 Å². The number of carboxylic acid groups (broad SMARTS) is 4. The SMILES string of the molecule is Cc1cc(-c2cc(C)c(OC(=O)c3ccc(C(=O)O)c(C(=O)O)c3)c(O)c2C)c(C)c(C)c1OC(=O)c1ccc(C(=O)O)c(C(=O)O)c1. The van der Waals surface area contributed by atoms with Gasteiger partial charge in [-0.15, -0.1) is 0 Å². The Morgan fingerprint density at radius 2 is 0.854 bits per heavy atom. The van der Waals surface area contributed by atoms with Crippen molar-refractivity contribution in [1.82, 2.24) is 0 Å². The smallest absolute Gasteiger partial charge is 0.343 e. The van der Waals surface area contributed by atoms with Gasteiger partial charge in [0.1, 0.15) is 5.75 Å². The third-order valence-corrected chi connectivity index (χ3v) is 7.83. The first-order valence-corrected chi connectivity index (χ1v) is 14.0. The van der Waals surface area contributed by atoms with Crippen LogP contribution in [0, 0.1) is 34.6 Å². The van der Waals surface area contributed by atoms with Gasteiger partial charge in [0.05, 0.1) is 33.4 Å². The number of aromatic hydroxyl groups is 1. The molecule has 0 amide bonds. The van der Waals surface area contributed by atoms with E-state index in [-0.39, 0.29) is 28.4 Å². The lowest BCUT2D eigenvalue weighted by Crippen LogP contribution is -2.14. The van der Waals surface area contributed by atoms with Gasteiger partial charge in [-0.2, -0.15) is 0 Å². The molecular weight excluding hydrogens is 628 g/mol. The molecule has 0 saturated carbocycles. The van der Waals surface area contributed by atoms with Crippen LogP contribution in [0.1, 0.15) is 90.0 Å². The minimum Gasteiger partial charge on any atom is -0.504 e. The first-order chi connectivity index (χ1) is 22.4. The average molecular weight is 657 g/mol. The number of rotatable bonds is 9. The summed E-state index contributed by atoms with van der Waals surface area (Å²) in [5, 5.41) is 48.4. The Morgan fingerprint density at radius 1 is 0.479 bits per heavy atom. The second-order valence-corrected chi connectivity index (χ2v) is 10.9. The summed E-state index contributed by atoms with van der Waals surface area (Å²) in [6.07, 6.45) is 0. The fraction of sp³-hybridized carbons (Fsp3) is 0.143. The molecule has 0 atom stereocenters. The maximum atomic E-state index is 13.0. The molecule has 4 aromatic rings. The van der Waals surface area contributed by atoms with Crippen molar-refractivity contribution in [3.8, 4) is 28.4 Å². The highest BCUT2D eigenvalue weighted by Crippen LogP contribution is 2.43. The van der Waals surface area contributed by atoms with E-state index in [1.807, 2.05) is 0 Å². The van der Waals surface area contributed by atoms with Gasteiger partial charge in [-0.1, -0.05) is 0 Å². The normalized spacial score (nSPS) is 10.7. The molecule has 4 aromatic carbocycles.